The molecule has 1 saturated heterocycles. The first-order valence-electron chi connectivity index (χ1n) is 7.98. The van der Waals surface area contributed by atoms with Gasteiger partial charge in [0.15, 0.2) is 0 Å². The van der Waals surface area contributed by atoms with Gasteiger partial charge in [-0.05, 0) is 55.5 Å². The Morgan fingerprint density at radius 2 is 1.86 bits per heavy atom. The van der Waals surface area contributed by atoms with Gasteiger partial charge in [0.2, 0.25) is 5.91 Å². The number of amides is 1. The molecule has 0 unspecified atom stereocenters. The van der Waals surface area contributed by atoms with Gasteiger partial charge in [-0.2, -0.15) is 0 Å². The molecule has 1 heterocycles. The van der Waals surface area contributed by atoms with Crippen LogP contribution >= 0.6 is 11.6 Å². The fourth-order valence-electron chi connectivity index (χ4n) is 3.76. The third kappa shape index (κ3) is 3.98. The SMILES string of the molecule is O=C(CN1CC[C@@H]2CCCC[C@@H]2C1)Nc1ccc(Cl)cc1. The highest BCUT2D eigenvalue weighted by molar-refractivity contribution is 6.30. The molecule has 1 aliphatic carbocycles. The van der Waals surface area contributed by atoms with Gasteiger partial charge in [0.1, 0.15) is 0 Å². The molecule has 1 amide bonds. The Labute approximate surface area is 131 Å². The van der Waals surface area contributed by atoms with Crippen LogP contribution in [-0.2, 0) is 4.79 Å². The number of piperidine rings is 1. The van der Waals surface area contributed by atoms with E-state index in [1.165, 1.54) is 32.1 Å². The van der Waals surface area contributed by atoms with E-state index in [1.807, 2.05) is 12.1 Å². The van der Waals surface area contributed by atoms with Crippen molar-refractivity contribution in [2.45, 2.75) is 32.1 Å². The minimum absolute atomic E-state index is 0.0755. The van der Waals surface area contributed by atoms with Gasteiger partial charge in [-0.3, -0.25) is 9.69 Å². The van der Waals surface area contributed by atoms with E-state index in [2.05, 4.69) is 10.2 Å². The number of carbonyl (C=O) groups excluding carboxylic acids is 1. The summed E-state index contributed by atoms with van der Waals surface area (Å²) in [5, 5.41) is 3.64. The van der Waals surface area contributed by atoms with Gasteiger partial charge < -0.3 is 5.32 Å². The summed E-state index contributed by atoms with van der Waals surface area (Å²) >= 11 is 5.85. The zero-order valence-corrected chi connectivity index (χ0v) is 13.1. The van der Waals surface area contributed by atoms with Gasteiger partial charge in [0, 0.05) is 17.3 Å². The molecule has 3 nitrogen and oxygen atoms in total. The second kappa shape index (κ2) is 6.80. The van der Waals surface area contributed by atoms with Crippen molar-refractivity contribution >= 4 is 23.2 Å². The Balaban J connectivity index is 1.49. The average molecular weight is 307 g/mol. The van der Waals surface area contributed by atoms with E-state index in [4.69, 9.17) is 11.6 Å². The third-order valence-electron chi connectivity index (χ3n) is 4.87. The van der Waals surface area contributed by atoms with Crippen LogP contribution in [0.25, 0.3) is 0 Å². The van der Waals surface area contributed by atoms with Gasteiger partial charge in [-0.1, -0.05) is 30.9 Å². The maximum absolute atomic E-state index is 12.1. The summed E-state index contributed by atoms with van der Waals surface area (Å²) in [7, 11) is 0. The largest absolute Gasteiger partial charge is 0.325 e. The van der Waals surface area contributed by atoms with E-state index in [0.29, 0.717) is 11.6 Å². The molecule has 0 spiro atoms. The predicted molar refractivity (Wildman–Crippen MR) is 86.6 cm³/mol. The first kappa shape index (κ1) is 14.9. The number of likely N-dealkylation sites (tertiary alicyclic amines) is 1. The zero-order valence-electron chi connectivity index (χ0n) is 12.4. The molecule has 114 valence electrons. The van der Waals surface area contributed by atoms with Gasteiger partial charge in [0.25, 0.3) is 0 Å². The second-order valence-corrected chi connectivity index (χ2v) is 6.82. The normalized spacial score (nSPS) is 26.1. The van der Waals surface area contributed by atoms with Crippen molar-refractivity contribution in [3.8, 4) is 0 Å². The Hall–Kier alpha value is -1.06. The molecule has 1 aliphatic heterocycles. The third-order valence-corrected chi connectivity index (χ3v) is 5.12. The summed E-state index contributed by atoms with van der Waals surface area (Å²) in [5.74, 6) is 1.80. The van der Waals surface area contributed by atoms with Gasteiger partial charge >= 0.3 is 0 Å². The molecule has 0 radical (unpaired) electrons. The summed E-state index contributed by atoms with van der Waals surface area (Å²) in [4.78, 5) is 14.5. The standard InChI is InChI=1S/C17H23ClN2O/c18-15-5-7-16(8-6-15)19-17(21)12-20-10-9-13-3-1-2-4-14(13)11-20/h5-8,13-14H,1-4,9-12H2,(H,19,21)/t13-,14+/m0/s1. The molecule has 3 rings (SSSR count). The summed E-state index contributed by atoms with van der Waals surface area (Å²) in [6.07, 6.45) is 6.78. The molecule has 2 fully saturated rings. The fourth-order valence-corrected chi connectivity index (χ4v) is 3.88. The summed E-state index contributed by atoms with van der Waals surface area (Å²) in [6.45, 7) is 2.67. The quantitative estimate of drug-likeness (QED) is 0.921. The van der Waals surface area contributed by atoms with Crippen molar-refractivity contribution in [2.24, 2.45) is 11.8 Å². The molecule has 2 aliphatic rings. The number of hydrogen-bond donors (Lipinski definition) is 1. The van der Waals surface area contributed by atoms with Crippen LogP contribution in [0.1, 0.15) is 32.1 Å². The molecular formula is C17H23ClN2O. The van der Waals surface area contributed by atoms with Crippen LogP contribution in [0.15, 0.2) is 24.3 Å². The lowest BCUT2D eigenvalue weighted by atomic mass is 9.75. The first-order chi connectivity index (χ1) is 10.2. The van der Waals surface area contributed by atoms with Gasteiger partial charge in [-0.15, -0.1) is 0 Å². The number of anilines is 1. The highest BCUT2D eigenvalue weighted by Crippen LogP contribution is 2.35. The van der Waals surface area contributed by atoms with E-state index in [9.17, 15) is 4.79 Å². The van der Waals surface area contributed by atoms with Crippen LogP contribution in [0.2, 0.25) is 5.02 Å². The zero-order chi connectivity index (χ0) is 14.7. The van der Waals surface area contributed by atoms with Crippen molar-refractivity contribution in [1.29, 1.82) is 0 Å². The molecule has 1 N–H and O–H groups in total. The predicted octanol–water partition coefficient (Wildman–Crippen LogP) is 3.79. The molecular weight excluding hydrogens is 284 g/mol. The highest BCUT2D eigenvalue weighted by Gasteiger charge is 2.31. The minimum atomic E-state index is 0.0755. The molecule has 1 aromatic rings. The van der Waals surface area contributed by atoms with Crippen molar-refractivity contribution in [2.75, 3.05) is 25.0 Å². The Kier molecular flexibility index (Phi) is 4.81. The maximum atomic E-state index is 12.1. The van der Waals surface area contributed by atoms with Gasteiger partial charge in [0.05, 0.1) is 6.54 Å². The van der Waals surface area contributed by atoms with E-state index in [-0.39, 0.29) is 5.91 Å². The van der Waals surface area contributed by atoms with E-state index in [1.54, 1.807) is 12.1 Å². The van der Waals surface area contributed by atoms with Crippen molar-refractivity contribution in [3.63, 3.8) is 0 Å². The van der Waals surface area contributed by atoms with E-state index in [0.717, 1.165) is 30.6 Å². The number of benzene rings is 1. The lowest BCUT2D eigenvalue weighted by Gasteiger charge is -2.41. The van der Waals surface area contributed by atoms with Crippen molar-refractivity contribution in [3.05, 3.63) is 29.3 Å². The molecule has 0 bridgehead atoms. The number of nitrogens with one attached hydrogen (secondary N) is 1. The Morgan fingerprint density at radius 1 is 1.14 bits per heavy atom. The van der Waals surface area contributed by atoms with Crippen LogP contribution in [0.3, 0.4) is 0 Å². The molecule has 1 saturated carbocycles. The minimum Gasteiger partial charge on any atom is -0.325 e. The number of hydrogen-bond acceptors (Lipinski definition) is 2. The fraction of sp³-hybridized carbons (Fsp3) is 0.588. The van der Waals surface area contributed by atoms with Crippen LogP contribution < -0.4 is 5.32 Å². The van der Waals surface area contributed by atoms with E-state index < -0.39 is 0 Å². The van der Waals surface area contributed by atoms with Crippen LogP contribution in [0, 0.1) is 11.8 Å². The molecule has 0 aromatic heterocycles. The van der Waals surface area contributed by atoms with Crippen molar-refractivity contribution in [1.82, 2.24) is 4.90 Å². The second-order valence-electron chi connectivity index (χ2n) is 6.38. The maximum Gasteiger partial charge on any atom is 0.238 e. The number of rotatable bonds is 3. The lowest BCUT2D eigenvalue weighted by molar-refractivity contribution is -0.118. The van der Waals surface area contributed by atoms with E-state index >= 15 is 0 Å². The molecule has 21 heavy (non-hydrogen) atoms. The highest BCUT2D eigenvalue weighted by atomic mass is 35.5. The number of halogens is 1. The van der Waals surface area contributed by atoms with Crippen molar-refractivity contribution < 1.29 is 4.79 Å². The summed E-state index contributed by atoms with van der Waals surface area (Å²) in [6, 6.07) is 7.27. The Morgan fingerprint density at radius 3 is 2.62 bits per heavy atom. The monoisotopic (exact) mass is 306 g/mol. The van der Waals surface area contributed by atoms with Crippen LogP contribution in [0.5, 0.6) is 0 Å². The number of fused-ring (bicyclic) bond motifs is 1. The lowest BCUT2D eigenvalue weighted by Crippen LogP contribution is -2.44. The summed E-state index contributed by atoms with van der Waals surface area (Å²) < 4.78 is 0. The average Bonchev–Trinajstić information content (AvgIpc) is 2.49. The topological polar surface area (TPSA) is 32.3 Å². The van der Waals surface area contributed by atoms with Crippen LogP contribution in [-0.4, -0.2) is 30.4 Å². The molecule has 1 aromatic carbocycles. The van der Waals surface area contributed by atoms with Crippen LogP contribution in [0.4, 0.5) is 5.69 Å². The number of nitrogens with zero attached hydrogens (tertiary/aromatic N) is 1. The number of carbonyl (C=O) groups is 1. The Bertz CT molecular complexity index is 488. The van der Waals surface area contributed by atoms with Gasteiger partial charge in [-0.25, -0.2) is 0 Å². The summed E-state index contributed by atoms with van der Waals surface area (Å²) in [5.41, 5.74) is 0.817. The molecule has 4 heteroatoms. The molecule has 2 atom stereocenters. The first-order valence-corrected chi connectivity index (χ1v) is 8.36. The smallest absolute Gasteiger partial charge is 0.238 e.